The molecule has 1 amide bonds. The van der Waals surface area contributed by atoms with E-state index in [2.05, 4.69) is 10.5 Å². The maximum atomic E-state index is 12.1. The van der Waals surface area contributed by atoms with Crippen molar-refractivity contribution >= 4 is 22.5 Å². The van der Waals surface area contributed by atoms with Crippen molar-refractivity contribution in [2.24, 2.45) is 22.2 Å². The van der Waals surface area contributed by atoms with Crippen molar-refractivity contribution in [2.45, 2.75) is 31.9 Å². The molecule has 1 aliphatic rings. The Morgan fingerprint density at radius 1 is 1.67 bits per heavy atom. The van der Waals surface area contributed by atoms with Crippen molar-refractivity contribution in [3.05, 3.63) is 0 Å². The van der Waals surface area contributed by atoms with Crippen LogP contribution in [0.15, 0.2) is 5.16 Å². The number of nitrogens with zero attached hydrogens (tertiary/aromatic N) is 1. The molecular weight excluding hydrogens is 254 g/mol. The van der Waals surface area contributed by atoms with Gasteiger partial charge in [0.2, 0.25) is 5.91 Å². The summed E-state index contributed by atoms with van der Waals surface area (Å²) in [6.45, 7) is 4.15. The van der Waals surface area contributed by atoms with Crippen molar-refractivity contribution in [2.75, 3.05) is 12.8 Å². The van der Waals surface area contributed by atoms with Gasteiger partial charge in [-0.15, -0.1) is 0 Å². The second kappa shape index (κ2) is 5.69. The molecule has 18 heavy (non-hydrogen) atoms. The van der Waals surface area contributed by atoms with Gasteiger partial charge in [-0.1, -0.05) is 12.1 Å². The first-order valence-corrected chi connectivity index (χ1v) is 7.54. The second-order valence-electron chi connectivity index (χ2n) is 5.10. The molecule has 7 heteroatoms. The van der Waals surface area contributed by atoms with Crippen LogP contribution in [0.5, 0.6) is 0 Å². The predicted molar refractivity (Wildman–Crippen MR) is 70.8 cm³/mol. The number of amidine groups is 1. The summed E-state index contributed by atoms with van der Waals surface area (Å²) in [7, 11) is -0.983. The van der Waals surface area contributed by atoms with Gasteiger partial charge < -0.3 is 16.3 Å². The van der Waals surface area contributed by atoms with E-state index in [9.17, 15) is 9.00 Å². The van der Waals surface area contributed by atoms with Gasteiger partial charge in [0.1, 0.15) is 5.41 Å². The monoisotopic (exact) mass is 275 g/mol. The number of rotatable bonds is 5. The molecule has 4 N–H and O–H groups in total. The fourth-order valence-electron chi connectivity index (χ4n) is 2.26. The number of carbonyl (C=O) groups excluding carboxylic acids is 1. The summed E-state index contributed by atoms with van der Waals surface area (Å²) in [5.41, 5.74) is 4.74. The summed E-state index contributed by atoms with van der Waals surface area (Å²) < 4.78 is 11.2. The minimum absolute atomic E-state index is 0.0385. The van der Waals surface area contributed by atoms with E-state index in [4.69, 9.17) is 10.9 Å². The first kappa shape index (κ1) is 14.9. The van der Waals surface area contributed by atoms with E-state index < -0.39 is 16.2 Å². The first-order chi connectivity index (χ1) is 8.33. The van der Waals surface area contributed by atoms with E-state index >= 15 is 0 Å². The van der Waals surface area contributed by atoms with Crippen molar-refractivity contribution in [1.29, 1.82) is 0 Å². The summed E-state index contributed by atoms with van der Waals surface area (Å²) in [6.07, 6.45) is 2.76. The lowest BCUT2D eigenvalue weighted by Gasteiger charge is -2.43. The maximum Gasteiger partial charge on any atom is 0.234 e. The number of amides is 1. The van der Waals surface area contributed by atoms with Gasteiger partial charge in [-0.2, -0.15) is 0 Å². The zero-order valence-electron chi connectivity index (χ0n) is 11.0. The molecule has 1 aliphatic carbocycles. The van der Waals surface area contributed by atoms with E-state index in [0.29, 0.717) is 25.3 Å². The highest BCUT2D eigenvalue weighted by Crippen LogP contribution is 2.45. The number of carbonyl (C=O) groups is 1. The maximum absolute atomic E-state index is 12.1. The molecule has 0 aliphatic heterocycles. The average molecular weight is 275 g/mol. The molecule has 0 saturated heterocycles. The van der Waals surface area contributed by atoms with Crippen LogP contribution in [-0.4, -0.2) is 39.2 Å². The van der Waals surface area contributed by atoms with Gasteiger partial charge in [-0.25, -0.2) is 0 Å². The minimum Gasteiger partial charge on any atom is -0.409 e. The molecule has 0 aromatic rings. The highest BCUT2D eigenvalue weighted by molar-refractivity contribution is 7.84. The smallest absolute Gasteiger partial charge is 0.234 e. The Bertz CT molecular complexity index is 378. The lowest BCUT2D eigenvalue weighted by atomic mass is 9.61. The van der Waals surface area contributed by atoms with E-state index in [1.807, 2.05) is 6.92 Å². The van der Waals surface area contributed by atoms with Crippen LogP contribution >= 0.6 is 0 Å². The fraction of sp³-hybridized carbons (Fsp3) is 0.818. The fourth-order valence-corrected chi connectivity index (χ4v) is 2.58. The number of nitrogens with one attached hydrogen (secondary N) is 1. The molecule has 2 atom stereocenters. The highest BCUT2D eigenvalue weighted by Gasteiger charge is 2.52. The number of oxime groups is 1. The Morgan fingerprint density at radius 3 is 2.61 bits per heavy atom. The summed E-state index contributed by atoms with van der Waals surface area (Å²) in [4.78, 5) is 12.1. The van der Waals surface area contributed by atoms with Gasteiger partial charge in [0, 0.05) is 28.9 Å². The van der Waals surface area contributed by atoms with E-state index in [0.717, 1.165) is 0 Å². The lowest BCUT2D eigenvalue weighted by molar-refractivity contribution is -0.133. The molecule has 1 fully saturated rings. The van der Waals surface area contributed by atoms with Crippen LogP contribution in [0.2, 0.25) is 0 Å². The quantitative estimate of drug-likeness (QED) is 0.285. The Morgan fingerprint density at radius 2 is 2.22 bits per heavy atom. The van der Waals surface area contributed by atoms with E-state index in [1.54, 1.807) is 13.2 Å². The Kier molecular flexibility index (Phi) is 4.72. The van der Waals surface area contributed by atoms with Crippen molar-refractivity contribution in [1.82, 2.24) is 5.32 Å². The molecule has 2 unspecified atom stereocenters. The number of nitrogens with two attached hydrogens (primary N) is 1. The molecule has 0 aromatic carbocycles. The normalized spacial score (nSPS) is 31.3. The molecule has 0 radical (unpaired) electrons. The lowest BCUT2D eigenvalue weighted by Crippen LogP contribution is -2.57. The van der Waals surface area contributed by atoms with Crippen molar-refractivity contribution in [3.8, 4) is 0 Å². The highest BCUT2D eigenvalue weighted by atomic mass is 32.2. The SMILES string of the molecule is CC1CC(C(=O)NCC(C)S(C)=O)(C(N)=NO)C1. The van der Waals surface area contributed by atoms with Crippen molar-refractivity contribution in [3.63, 3.8) is 0 Å². The van der Waals surface area contributed by atoms with Crippen molar-refractivity contribution < 1.29 is 14.2 Å². The van der Waals surface area contributed by atoms with Crippen LogP contribution in [0.3, 0.4) is 0 Å². The Hall–Kier alpha value is -1.11. The molecule has 0 aromatic heterocycles. The van der Waals surface area contributed by atoms with Gasteiger partial charge in [0.15, 0.2) is 5.84 Å². The van der Waals surface area contributed by atoms with Crippen LogP contribution in [0.1, 0.15) is 26.7 Å². The predicted octanol–water partition coefficient (Wildman–Crippen LogP) is 0.0323. The standard InChI is InChI=1S/C11H21N3O3S/c1-7-4-11(5-7,9(12)14-16)10(15)13-6-8(2)18(3)17/h7-8,16H,4-6H2,1-3H3,(H2,12,14)(H,13,15). The van der Waals surface area contributed by atoms with Gasteiger partial charge in [0.05, 0.1) is 0 Å². The molecular formula is C11H21N3O3S. The van der Waals surface area contributed by atoms with Crippen LogP contribution < -0.4 is 11.1 Å². The van der Waals surface area contributed by atoms with Gasteiger partial charge in [-0.3, -0.25) is 9.00 Å². The van der Waals surface area contributed by atoms with Crippen LogP contribution in [0, 0.1) is 11.3 Å². The Balaban J connectivity index is 2.66. The van der Waals surface area contributed by atoms with Crippen LogP contribution in [0.25, 0.3) is 0 Å². The topological polar surface area (TPSA) is 105 Å². The largest absolute Gasteiger partial charge is 0.409 e. The third-order valence-electron chi connectivity index (χ3n) is 3.54. The molecule has 0 spiro atoms. The zero-order chi connectivity index (χ0) is 13.9. The average Bonchev–Trinajstić information content (AvgIpc) is 2.29. The van der Waals surface area contributed by atoms with Gasteiger partial charge in [0.25, 0.3) is 0 Å². The zero-order valence-corrected chi connectivity index (χ0v) is 11.8. The molecule has 0 bridgehead atoms. The first-order valence-electron chi connectivity index (χ1n) is 5.92. The van der Waals surface area contributed by atoms with Gasteiger partial charge >= 0.3 is 0 Å². The number of hydrogen-bond acceptors (Lipinski definition) is 4. The van der Waals surface area contributed by atoms with Gasteiger partial charge in [-0.05, 0) is 25.7 Å². The third kappa shape index (κ3) is 2.82. The molecule has 0 heterocycles. The van der Waals surface area contributed by atoms with Crippen LogP contribution in [-0.2, 0) is 15.6 Å². The Labute approximate surface area is 109 Å². The van der Waals surface area contributed by atoms with E-state index in [1.165, 1.54) is 0 Å². The molecule has 6 nitrogen and oxygen atoms in total. The minimum atomic E-state index is -0.983. The van der Waals surface area contributed by atoms with Crippen LogP contribution in [0.4, 0.5) is 0 Å². The summed E-state index contributed by atoms with van der Waals surface area (Å²) in [5.74, 6) is 0.102. The molecule has 104 valence electrons. The summed E-state index contributed by atoms with van der Waals surface area (Å²) >= 11 is 0. The second-order valence-corrected chi connectivity index (χ2v) is 6.90. The van der Waals surface area contributed by atoms with E-state index in [-0.39, 0.29) is 17.0 Å². The molecule has 1 rings (SSSR count). The summed E-state index contributed by atoms with van der Waals surface area (Å²) in [5, 5.41) is 14.4. The number of hydrogen-bond donors (Lipinski definition) is 3. The third-order valence-corrected chi connectivity index (χ3v) is 4.84. The summed E-state index contributed by atoms with van der Waals surface area (Å²) in [6, 6.07) is 0. The molecule has 1 saturated carbocycles.